The maximum absolute atomic E-state index is 15.0. The molecule has 6 heteroatoms. The third kappa shape index (κ3) is 4.16. The average molecular weight is 425 g/mol. The van der Waals surface area contributed by atoms with Crippen molar-refractivity contribution in [2.45, 2.75) is 19.7 Å². The van der Waals surface area contributed by atoms with E-state index in [4.69, 9.17) is 4.74 Å². The normalized spacial score (nSPS) is 11.8. The van der Waals surface area contributed by atoms with Gasteiger partial charge in [0.2, 0.25) is 0 Å². The maximum atomic E-state index is 15.0. The first kappa shape index (κ1) is 21.0. The molecule has 0 aliphatic carbocycles. The first-order chi connectivity index (χ1) is 14.8. The van der Waals surface area contributed by atoms with E-state index in [1.54, 1.807) is 32.2 Å². The molecular formula is C25H19F4NO. The first-order valence-corrected chi connectivity index (χ1v) is 9.63. The zero-order chi connectivity index (χ0) is 22.2. The van der Waals surface area contributed by atoms with Gasteiger partial charge < -0.3 is 4.74 Å². The summed E-state index contributed by atoms with van der Waals surface area (Å²) in [6.45, 7) is 2.09. The smallest absolute Gasteiger partial charge is 0.380 e. The zero-order valence-electron chi connectivity index (χ0n) is 16.9. The highest BCUT2D eigenvalue weighted by atomic mass is 19.4. The number of aromatic nitrogens is 1. The van der Waals surface area contributed by atoms with Crippen LogP contribution in [0, 0.1) is 12.7 Å². The van der Waals surface area contributed by atoms with E-state index in [9.17, 15) is 13.2 Å². The second-order valence-corrected chi connectivity index (χ2v) is 7.34. The number of hydrogen-bond acceptors (Lipinski definition) is 2. The van der Waals surface area contributed by atoms with Crippen LogP contribution < -0.4 is 0 Å². The van der Waals surface area contributed by atoms with Gasteiger partial charge in [-0.05, 0) is 53.9 Å². The van der Waals surface area contributed by atoms with Crippen molar-refractivity contribution in [3.8, 4) is 22.4 Å². The van der Waals surface area contributed by atoms with Crippen LogP contribution in [0.3, 0.4) is 0 Å². The number of methoxy groups -OCH3 is 1. The van der Waals surface area contributed by atoms with Crippen LogP contribution in [-0.4, -0.2) is 12.1 Å². The van der Waals surface area contributed by atoms with Crippen molar-refractivity contribution in [1.82, 2.24) is 4.98 Å². The van der Waals surface area contributed by atoms with Crippen LogP contribution in [0.4, 0.5) is 17.6 Å². The molecule has 0 bridgehead atoms. The standard InChI is InChI=1S/C25H19F4NO/c1-15-11-24(30-23-10-8-18(13-21(15)23)25(27,28)29)16-7-9-20(22(26)12-16)19-6-4-3-5-17(19)14-31-2/h3-13H,14H2,1-2H3. The van der Waals surface area contributed by atoms with E-state index in [1.165, 1.54) is 12.1 Å². The summed E-state index contributed by atoms with van der Waals surface area (Å²) in [6, 6.07) is 17.4. The number of aryl methyl sites for hydroxylation is 1. The number of halogens is 4. The molecule has 0 aliphatic rings. The van der Waals surface area contributed by atoms with Crippen LogP contribution in [0.25, 0.3) is 33.3 Å². The van der Waals surface area contributed by atoms with E-state index < -0.39 is 17.6 Å². The topological polar surface area (TPSA) is 22.1 Å². The summed E-state index contributed by atoms with van der Waals surface area (Å²) in [5, 5.41) is 0.421. The molecule has 0 fully saturated rings. The fourth-order valence-electron chi connectivity index (χ4n) is 3.68. The lowest BCUT2D eigenvalue weighted by molar-refractivity contribution is -0.137. The molecule has 0 N–H and O–H groups in total. The summed E-state index contributed by atoms with van der Waals surface area (Å²) >= 11 is 0. The van der Waals surface area contributed by atoms with Crippen LogP contribution in [0.1, 0.15) is 16.7 Å². The quantitative estimate of drug-likeness (QED) is 0.323. The SMILES string of the molecule is COCc1ccccc1-c1ccc(-c2cc(C)c3cc(C(F)(F)F)ccc3n2)cc1F. The van der Waals surface area contributed by atoms with Crippen LogP contribution in [0.2, 0.25) is 0 Å². The molecule has 2 nitrogen and oxygen atoms in total. The number of fused-ring (bicyclic) bond motifs is 1. The Hall–Kier alpha value is -3.25. The number of benzene rings is 3. The van der Waals surface area contributed by atoms with Gasteiger partial charge in [0.25, 0.3) is 0 Å². The molecule has 3 aromatic carbocycles. The highest BCUT2D eigenvalue weighted by Crippen LogP contribution is 2.34. The van der Waals surface area contributed by atoms with Gasteiger partial charge in [0.1, 0.15) is 5.82 Å². The monoisotopic (exact) mass is 425 g/mol. The summed E-state index contributed by atoms with van der Waals surface area (Å²) in [4.78, 5) is 4.47. The number of pyridine rings is 1. The summed E-state index contributed by atoms with van der Waals surface area (Å²) in [7, 11) is 1.58. The Bertz CT molecular complexity index is 1260. The highest BCUT2D eigenvalue weighted by molar-refractivity contribution is 5.86. The predicted molar refractivity (Wildman–Crippen MR) is 113 cm³/mol. The molecule has 4 rings (SSSR count). The van der Waals surface area contributed by atoms with Gasteiger partial charge in [-0.25, -0.2) is 9.37 Å². The predicted octanol–water partition coefficient (Wildman–Crippen LogP) is 7.18. The minimum atomic E-state index is -4.42. The molecule has 1 heterocycles. The largest absolute Gasteiger partial charge is 0.416 e. The van der Waals surface area contributed by atoms with Crippen molar-refractivity contribution in [1.29, 1.82) is 0 Å². The van der Waals surface area contributed by atoms with Crippen molar-refractivity contribution >= 4 is 10.9 Å². The molecule has 0 saturated heterocycles. The molecule has 0 radical (unpaired) electrons. The lowest BCUT2D eigenvalue weighted by Gasteiger charge is -2.13. The molecule has 0 amide bonds. The van der Waals surface area contributed by atoms with Gasteiger partial charge in [0, 0.05) is 23.6 Å². The van der Waals surface area contributed by atoms with Gasteiger partial charge in [0.15, 0.2) is 0 Å². The van der Waals surface area contributed by atoms with Gasteiger partial charge in [-0.3, -0.25) is 0 Å². The Morgan fingerprint density at radius 3 is 2.39 bits per heavy atom. The summed E-state index contributed by atoms with van der Waals surface area (Å²) in [6.07, 6.45) is -4.42. The minimum Gasteiger partial charge on any atom is -0.380 e. The van der Waals surface area contributed by atoms with Crippen LogP contribution in [0.5, 0.6) is 0 Å². The van der Waals surface area contributed by atoms with Gasteiger partial charge in [0.05, 0.1) is 23.4 Å². The summed E-state index contributed by atoms with van der Waals surface area (Å²) in [5.41, 5.74) is 3.47. The zero-order valence-corrected chi connectivity index (χ0v) is 16.9. The molecule has 1 aromatic heterocycles. The van der Waals surface area contributed by atoms with E-state index in [-0.39, 0.29) is 0 Å². The number of hydrogen-bond donors (Lipinski definition) is 0. The fourth-order valence-corrected chi connectivity index (χ4v) is 3.68. The van der Waals surface area contributed by atoms with Crippen LogP contribution in [-0.2, 0) is 17.5 Å². The molecule has 158 valence electrons. The number of ether oxygens (including phenoxy) is 1. The molecule has 4 aromatic rings. The van der Waals surface area contributed by atoms with E-state index in [0.29, 0.717) is 39.9 Å². The Balaban J connectivity index is 1.76. The maximum Gasteiger partial charge on any atom is 0.416 e. The summed E-state index contributed by atoms with van der Waals surface area (Å²) in [5.74, 6) is -0.409. The molecule has 0 atom stereocenters. The van der Waals surface area contributed by atoms with Crippen molar-refractivity contribution < 1.29 is 22.3 Å². The molecular weight excluding hydrogens is 406 g/mol. The number of alkyl halides is 3. The Morgan fingerprint density at radius 2 is 1.68 bits per heavy atom. The van der Waals surface area contributed by atoms with Crippen molar-refractivity contribution in [3.63, 3.8) is 0 Å². The third-order valence-corrected chi connectivity index (χ3v) is 5.22. The Morgan fingerprint density at radius 1 is 0.903 bits per heavy atom. The lowest BCUT2D eigenvalue weighted by Crippen LogP contribution is -2.04. The van der Waals surface area contributed by atoms with Crippen LogP contribution in [0.15, 0.2) is 66.7 Å². The first-order valence-electron chi connectivity index (χ1n) is 9.63. The molecule has 31 heavy (non-hydrogen) atoms. The Kier molecular flexibility index (Phi) is 5.50. The molecule has 0 unspecified atom stereocenters. The average Bonchev–Trinajstić information content (AvgIpc) is 2.73. The van der Waals surface area contributed by atoms with E-state index in [1.807, 2.05) is 24.3 Å². The van der Waals surface area contributed by atoms with Crippen molar-refractivity contribution in [3.05, 3.63) is 89.2 Å². The van der Waals surface area contributed by atoms with Gasteiger partial charge >= 0.3 is 6.18 Å². The molecule has 0 spiro atoms. The summed E-state index contributed by atoms with van der Waals surface area (Å²) < 4.78 is 59.3. The van der Waals surface area contributed by atoms with Gasteiger partial charge in [-0.1, -0.05) is 36.4 Å². The fraction of sp³-hybridized carbons (Fsp3) is 0.160. The van der Waals surface area contributed by atoms with E-state index in [0.717, 1.165) is 23.3 Å². The Labute approximate surface area is 177 Å². The van der Waals surface area contributed by atoms with E-state index in [2.05, 4.69) is 4.98 Å². The third-order valence-electron chi connectivity index (χ3n) is 5.22. The number of nitrogens with zero attached hydrogens (tertiary/aromatic N) is 1. The van der Waals surface area contributed by atoms with E-state index >= 15 is 4.39 Å². The highest BCUT2D eigenvalue weighted by Gasteiger charge is 2.30. The van der Waals surface area contributed by atoms with Crippen molar-refractivity contribution in [2.75, 3.05) is 7.11 Å². The van der Waals surface area contributed by atoms with Crippen LogP contribution >= 0.6 is 0 Å². The second kappa shape index (κ2) is 8.12. The van der Waals surface area contributed by atoms with Gasteiger partial charge in [-0.15, -0.1) is 0 Å². The minimum absolute atomic E-state index is 0.364. The molecule has 0 aliphatic heterocycles. The van der Waals surface area contributed by atoms with Gasteiger partial charge in [-0.2, -0.15) is 13.2 Å². The molecule has 0 saturated carbocycles. The second-order valence-electron chi connectivity index (χ2n) is 7.34. The van der Waals surface area contributed by atoms with Crippen molar-refractivity contribution in [2.24, 2.45) is 0 Å². The lowest BCUT2D eigenvalue weighted by atomic mass is 9.97. The number of rotatable bonds is 4.